The van der Waals surface area contributed by atoms with Gasteiger partial charge in [0.15, 0.2) is 0 Å². The summed E-state index contributed by atoms with van der Waals surface area (Å²) in [6.45, 7) is 10.3. The third-order valence-corrected chi connectivity index (χ3v) is 3.72. The molecule has 0 aromatic heterocycles. The Morgan fingerprint density at radius 2 is 1.82 bits per heavy atom. The zero-order valence-corrected chi connectivity index (χ0v) is 12.0. The van der Waals surface area contributed by atoms with Gasteiger partial charge in [-0.15, -0.1) is 0 Å². The highest BCUT2D eigenvalue weighted by Gasteiger charge is 2.41. The predicted octanol–water partition coefficient (Wildman–Crippen LogP) is 3.90. The van der Waals surface area contributed by atoms with Gasteiger partial charge in [-0.05, 0) is 32.5 Å². The van der Waals surface area contributed by atoms with Crippen LogP contribution in [0.15, 0.2) is 24.4 Å². The lowest BCUT2D eigenvalue weighted by molar-refractivity contribution is -0.234. The van der Waals surface area contributed by atoms with Crippen molar-refractivity contribution >= 4 is 8.32 Å². The Kier molecular flexibility index (Phi) is 3.25. The normalized spacial score (nSPS) is 23.7. The summed E-state index contributed by atoms with van der Waals surface area (Å²) in [5.74, 6) is 0.757. The molecular formula is C13H22O3Si. The summed E-state index contributed by atoms with van der Waals surface area (Å²) in [6, 6.07) is 0. The van der Waals surface area contributed by atoms with Gasteiger partial charge in [0.25, 0.3) is 11.7 Å². The molecule has 1 aliphatic heterocycles. The standard InChI is InChI=1S/C13H22O3Si/c1-11-10-12(16-17(2,3)4)15-13(14-11)8-6-5-7-9-13/h10H,1,5-9H2,2-4H3. The van der Waals surface area contributed by atoms with E-state index in [2.05, 4.69) is 26.2 Å². The number of rotatable bonds is 2. The van der Waals surface area contributed by atoms with Crippen molar-refractivity contribution in [1.29, 1.82) is 0 Å². The van der Waals surface area contributed by atoms with E-state index in [1.165, 1.54) is 6.42 Å². The molecular weight excluding hydrogens is 232 g/mol. The van der Waals surface area contributed by atoms with Crippen LogP contribution in [0.4, 0.5) is 0 Å². The van der Waals surface area contributed by atoms with E-state index >= 15 is 0 Å². The summed E-state index contributed by atoms with van der Waals surface area (Å²) in [7, 11) is -1.64. The molecule has 1 spiro atoms. The molecule has 0 aromatic carbocycles. The smallest absolute Gasteiger partial charge is 0.272 e. The van der Waals surface area contributed by atoms with E-state index < -0.39 is 14.1 Å². The minimum atomic E-state index is -1.64. The van der Waals surface area contributed by atoms with Crippen LogP contribution in [0.2, 0.25) is 19.6 Å². The zero-order chi connectivity index (χ0) is 12.5. The Bertz CT molecular complexity index is 335. The SMILES string of the molecule is C=C1C=C(O[Si](C)(C)C)OC2(CCCCC2)O1. The van der Waals surface area contributed by atoms with Gasteiger partial charge >= 0.3 is 0 Å². The second-order valence-corrected chi connectivity index (χ2v) is 10.2. The van der Waals surface area contributed by atoms with Crippen molar-refractivity contribution in [1.82, 2.24) is 0 Å². The van der Waals surface area contributed by atoms with E-state index in [1.807, 2.05) is 0 Å². The first-order chi connectivity index (χ1) is 7.89. The highest BCUT2D eigenvalue weighted by molar-refractivity contribution is 6.70. The maximum absolute atomic E-state index is 5.95. The van der Waals surface area contributed by atoms with Gasteiger partial charge in [-0.3, -0.25) is 0 Å². The molecule has 2 aliphatic rings. The maximum Gasteiger partial charge on any atom is 0.272 e. The summed E-state index contributed by atoms with van der Waals surface area (Å²) < 4.78 is 17.7. The summed E-state index contributed by atoms with van der Waals surface area (Å²) >= 11 is 0. The Hall–Kier alpha value is -0.903. The van der Waals surface area contributed by atoms with E-state index in [4.69, 9.17) is 13.9 Å². The van der Waals surface area contributed by atoms with Crippen LogP contribution >= 0.6 is 0 Å². The molecule has 1 heterocycles. The molecule has 4 heteroatoms. The van der Waals surface area contributed by atoms with Gasteiger partial charge in [0.1, 0.15) is 5.76 Å². The topological polar surface area (TPSA) is 27.7 Å². The molecule has 0 unspecified atom stereocenters. The first-order valence-electron chi connectivity index (χ1n) is 6.36. The van der Waals surface area contributed by atoms with Gasteiger partial charge in [0.05, 0.1) is 6.08 Å². The molecule has 0 amide bonds. The second kappa shape index (κ2) is 4.41. The minimum Gasteiger partial charge on any atom is -0.520 e. The van der Waals surface area contributed by atoms with Crippen LogP contribution in [-0.2, 0) is 13.9 Å². The van der Waals surface area contributed by atoms with Crippen molar-refractivity contribution < 1.29 is 13.9 Å². The first kappa shape index (κ1) is 12.6. The maximum atomic E-state index is 5.95. The van der Waals surface area contributed by atoms with Crippen LogP contribution < -0.4 is 0 Å². The third kappa shape index (κ3) is 3.28. The molecule has 1 saturated carbocycles. The summed E-state index contributed by atoms with van der Waals surface area (Å²) in [4.78, 5) is 0. The monoisotopic (exact) mass is 254 g/mol. The van der Waals surface area contributed by atoms with E-state index in [0.717, 1.165) is 25.7 Å². The summed E-state index contributed by atoms with van der Waals surface area (Å²) in [5, 5.41) is 0. The van der Waals surface area contributed by atoms with Crippen molar-refractivity contribution in [2.75, 3.05) is 0 Å². The molecule has 0 saturated heterocycles. The average molecular weight is 254 g/mol. The third-order valence-electron chi connectivity index (χ3n) is 2.90. The molecule has 1 aliphatic carbocycles. The van der Waals surface area contributed by atoms with Gasteiger partial charge in [-0.2, -0.15) is 0 Å². The van der Waals surface area contributed by atoms with Gasteiger partial charge in [-0.1, -0.05) is 13.0 Å². The Morgan fingerprint density at radius 1 is 1.18 bits per heavy atom. The Balaban J connectivity index is 2.11. The molecule has 1 fully saturated rings. The number of hydrogen-bond donors (Lipinski definition) is 0. The van der Waals surface area contributed by atoms with Crippen molar-refractivity contribution in [2.24, 2.45) is 0 Å². The van der Waals surface area contributed by atoms with Crippen molar-refractivity contribution in [3.8, 4) is 0 Å². The lowest BCUT2D eigenvalue weighted by Crippen LogP contribution is -2.41. The molecule has 17 heavy (non-hydrogen) atoms. The van der Waals surface area contributed by atoms with Crippen molar-refractivity contribution in [3.63, 3.8) is 0 Å². The summed E-state index contributed by atoms with van der Waals surface area (Å²) in [6.07, 6.45) is 7.17. The fourth-order valence-corrected chi connectivity index (χ4v) is 2.98. The molecule has 3 nitrogen and oxygen atoms in total. The highest BCUT2D eigenvalue weighted by atomic mass is 28.4. The summed E-state index contributed by atoms with van der Waals surface area (Å²) in [5.41, 5.74) is 0. The van der Waals surface area contributed by atoms with Gasteiger partial charge in [-0.25, -0.2) is 0 Å². The van der Waals surface area contributed by atoms with Crippen LogP contribution in [-0.4, -0.2) is 14.1 Å². The largest absolute Gasteiger partial charge is 0.520 e. The molecule has 2 rings (SSSR count). The van der Waals surface area contributed by atoms with E-state index in [1.54, 1.807) is 6.08 Å². The minimum absolute atomic E-state index is 0.501. The van der Waals surface area contributed by atoms with Crippen LogP contribution in [0.1, 0.15) is 32.1 Å². The number of hydrogen-bond acceptors (Lipinski definition) is 3. The lowest BCUT2D eigenvalue weighted by atomic mass is 9.93. The molecule has 0 aromatic rings. The quantitative estimate of drug-likeness (QED) is 0.699. The van der Waals surface area contributed by atoms with Crippen LogP contribution in [0.5, 0.6) is 0 Å². The molecule has 96 valence electrons. The second-order valence-electron chi connectivity index (χ2n) is 5.82. The van der Waals surface area contributed by atoms with Gasteiger partial charge in [0.2, 0.25) is 8.32 Å². The van der Waals surface area contributed by atoms with Crippen LogP contribution in [0, 0.1) is 0 Å². The first-order valence-corrected chi connectivity index (χ1v) is 9.77. The number of ether oxygens (including phenoxy) is 2. The van der Waals surface area contributed by atoms with Crippen molar-refractivity contribution in [3.05, 3.63) is 24.4 Å². The molecule has 0 bridgehead atoms. The molecule has 0 N–H and O–H groups in total. The van der Waals surface area contributed by atoms with E-state index in [-0.39, 0.29) is 0 Å². The van der Waals surface area contributed by atoms with Crippen molar-refractivity contribution in [2.45, 2.75) is 57.5 Å². The predicted molar refractivity (Wildman–Crippen MR) is 69.6 cm³/mol. The Labute approximate surface area is 105 Å². The Morgan fingerprint density at radius 3 is 2.41 bits per heavy atom. The van der Waals surface area contributed by atoms with Gasteiger partial charge < -0.3 is 13.9 Å². The molecule has 0 atom stereocenters. The average Bonchev–Trinajstić information content (AvgIpc) is 2.13. The van der Waals surface area contributed by atoms with Gasteiger partial charge in [0, 0.05) is 12.8 Å². The van der Waals surface area contributed by atoms with E-state index in [0.29, 0.717) is 11.7 Å². The zero-order valence-electron chi connectivity index (χ0n) is 11.0. The fraction of sp³-hybridized carbons (Fsp3) is 0.692. The highest BCUT2D eigenvalue weighted by Crippen LogP contribution is 2.39. The van der Waals surface area contributed by atoms with Crippen LogP contribution in [0.3, 0.4) is 0 Å². The lowest BCUT2D eigenvalue weighted by Gasteiger charge is -2.41. The number of allylic oxidation sites excluding steroid dienone is 1. The molecule has 0 radical (unpaired) electrons. The fourth-order valence-electron chi connectivity index (χ4n) is 2.28. The van der Waals surface area contributed by atoms with Crippen LogP contribution in [0.25, 0.3) is 0 Å². The van der Waals surface area contributed by atoms with E-state index in [9.17, 15) is 0 Å².